The first kappa shape index (κ1) is 23.0. The zero-order valence-electron chi connectivity index (χ0n) is 19.4. The molecule has 0 radical (unpaired) electrons. The molecule has 7 nitrogen and oxygen atoms in total. The molecule has 0 spiro atoms. The number of pyridine rings is 1. The van der Waals surface area contributed by atoms with Gasteiger partial charge in [0.05, 0.1) is 5.52 Å². The number of piperazine rings is 1. The van der Waals surface area contributed by atoms with Crippen molar-refractivity contribution in [2.24, 2.45) is 0 Å². The van der Waals surface area contributed by atoms with Crippen LogP contribution in [-0.4, -0.2) is 66.6 Å². The Labute approximate surface area is 196 Å². The summed E-state index contributed by atoms with van der Waals surface area (Å²) in [5.41, 5.74) is 3.41. The van der Waals surface area contributed by atoms with Gasteiger partial charge in [-0.15, -0.1) is 0 Å². The molecule has 1 aliphatic heterocycles. The number of nitrogens with one attached hydrogen (secondary N) is 3. The number of aromatic nitrogens is 1. The summed E-state index contributed by atoms with van der Waals surface area (Å²) in [6.07, 6.45) is 0. The molecule has 0 atom stereocenters. The highest BCUT2D eigenvalue weighted by molar-refractivity contribution is 5.80. The van der Waals surface area contributed by atoms with Crippen LogP contribution in [0.25, 0.3) is 10.9 Å². The number of benzene rings is 2. The molecule has 174 valence electrons. The minimum absolute atomic E-state index is 0.158. The second-order valence-corrected chi connectivity index (χ2v) is 8.40. The maximum Gasteiger partial charge on any atom is 0.315 e. The molecule has 3 aromatic rings. The van der Waals surface area contributed by atoms with Crippen molar-refractivity contribution in [1.29, 1.82) is 0 Å². The monoisotopic (exact) mass is 446 g/mol. The zero-order valence-corrected chi connectivity index (χ0v) is 19.4. The molecule has 1 aromatic heterocycles. The number of carbonyl (C=O) groups excluding carboxylic acids is 1. The highest BCUT2D eigenvalue weighted by atomic mass is 16.2. The van der Waals surface area contributed by atoms with Crippen molar-refractivity contribution < 1.29 is 4.79 Å². The summed E-state index contributed by atoms with van der Waals surface area (Å²) in [6.45, 7) is 10.4. The lowest BCUT2D eigenvalue weighted by atomic mass is 10.1. The van der Waals surface area contributed by atoms with Crippen molar-refractivity contribution in [3.8, 4) is 0 Å². The van der Waals surface area contributed by atoms with E-state index < -0.39 is 0 Å². The van der Waals surface area contributed by atoms with Crippen LogP contribution >= 0.6 is 0 Å². The molecule has 2 amide bonds. The summed E-state index contributed by atoms with van der Waals surface area (Å²) >= 11 is 0. The standard InChI is InChI=1S/C26H34N6O/c1-2-31-15-17-32(18-16-31)20-23-9-4-3-8-22(23)19-29-26(33)28-14-13-27-25-12-11-21-7-5-6-10-24(21)30-25/h3-12H,2,13-20H2,1H3,(H,27,30)(H2,28,29,33). The number of nitrogens with zero attached hydrogens (tertiary/aromatic N) is 3. The van der Waals surface area contributed by atoms with Crippen molar-refractivity contribution in [2.45, 2.75) is 20.0 Å². The third-order valence-electron chi connectivity index (χ3n) is 6.18. The molecule has 33 heavy (non-hydrogen) atoms. The second kappa shape index (κ2) is 11.6. The highest BCUT2D eigenvalue weighted by Gasteiger charge is 2.16. The predicted molar refractivity (Wildman–Crippen MR) is 134 cm³/mol. The maximum atomic E-state index is 12.3. The molecule has 0 saturated carbocycles. The van der Waals surface area contributed by atoms with Gasteiger partial charge in [-0.1, -0.05) is 49.4 Å². The Bertz CT molecular complexity index is 1050. The molecule has 1 aliphatic rings. The van der Waals surface area contributed by atoms with Crippen molar-refractivity contribution in [3.63, 3.8) is 0 Å². The molecule has 1 saturated heterocycles. The Balaban J connectivity index is 1.19. The fourth-order valence-electron chi connectivity index (χ4n) is 4.16. The van der Waals surface area contributed by atoms with E-state index in [0.29, 0.717) is 19.6 Å². The van der Waals surface area contributed by atoms with Gasteiger partial charge in [0.2, 0.25) is 0 Å². The van der Waals surface area contributed by atoms with Crippen LogP contribution in [0.2, 0.25) is 0 Å². The van der Waals surface area contributed by atoms with E-state index >= 15 is 0 Å². The number of hydrogen-bond donors (Lipinski definition) is 3. The van der Waals surface area contributed by atoms with Gasteiger partial charge in [-0.25, -0.2) is 9.78 Å². The molecule has 1 fully saturated rings. The largest absolute Gasteiger partial charge is 0.368 e. The normalized spacial score (nSPS) is 14.8. The van der Waals surface area contributed by atoms with Crippen LogP contribution in [0, 0.1) is 0 Å². The number of likely N-dealkylation sites (N-methyl/N-ethyl adjacent to an activating group) is 1. The van der Waals surface area contributed by atoms with Gasteiger partial charge >= 0.3 is 6.03 Å². The van der Waals surface area contributed by atoms with Crippen molar-refractivity contribution >= 4 is 22.8 Å². The number of fused-ring (bicyclic) bond motifs is 1. The Morgan fingerprint density at radius 2 is 1.58 bits per heavy atom. The van der Waals surface area contributed by atoms with Crippen LogP contribution in [0.5, 0.6) is 0 Å². The van der Waals surface area contributed by atoms with Crippen LogP contribution in [-0.2, 0) is 13.1 Å². The summed E-state index contributed by atoms with van der Waals surface area (Å²) < 4.78 is 0. The van der Waals surface area contributed by atoms with Crippen molar-refractivity contribution in [1.82, 2.24) is 25.4 Å². The molecule has 0 unspecified atom stereocenters. The molecule has 0 aliphatic carbocycles. The number of carbonyl (C=O) groups is 1. The van der Waals surface area contributed by atoms with Crippen molar-refractivity contribution in [2.75, 3.05) is 51.1 Å². The van der Waals surface area contributed by atoms with Crippen LogP contribution in [0.3, 0.4) is 0 Å². The van der Waals surface area contributed by atoms with Gasteiger partial charge in [0.1, 0.15) is 5.82 Å². The number of para-hydroxylation sites is 1. The van der Waals surface area contributed by atoms with Crippen LogP contribution in [0.15, 0.2) is 60.7 Å². The van der Waals surface area contributed by atoms with Crippen LogP contribution in [0.4, 0.5) is 10.6 Å². The zero-order chi connectivity index (χ0) is 22.9. The maximum absolute atomic E-state index is 12.3. The first-order chi connectivity index (χ1) is 16.2. The van der Waals surface area contributed by atoms with Gasteiger partial charge in [0.15, 0.2) is 0 Å². The predicted octanol–water partition coefficient (Wildman–Crippen LogP) is 3.28. The van der Waals surface area contributed by atoms with E-state index in [-0.39, 0.29) is 6.03 Å². The molecule has 4 rings (SSSR count). The number of urea groups is 1. The third-order valence-corrected chi connectivity index (χ3v) is 6.18. The lowest BCUT2D eigenvalue weighted by Crippen LogP contribution is -2.45. The lowest BCUT2D eigenvalue weighted by Gasteiger charge is -2.34. The Morgan fingerprint density at radius 3 is 2.39 bits per heavy atom. The van der Waals surface area contributed by atoms with E-state index in [2.05, 4.69) is 55.9 Å². The highest BCUT2D eigenvalue weighted by Crippen LogP contribution is 2.15. The van der Waals surface area contributed by atoms with Gasteiger partial charge in [-0.3, -0.25) is 4.90 Å². The summed E-state index contributed by atoms with van der Waals surface area (Å²) in [5.74, 6) is 0.810. The van der Waals surface area contributed by atoms with Crippen LogP contribution < -0.4 is 16.0 Å². The van der Waals surface area contributed by atoms with E-state index in [1.807, 2.05) is 42.5 Å². The van der Waals surface area contributed by atoms with Crippen molar-refractivity contribution in [3.05, 3.63) is 71.8 Å². The molecular formula is C26H34N6O. The fourth-order valence-corrected chi connectivity index (χ4v) is 4.16. The summed E-state index contributed by atoms with van der Waals surface area (Å²) in [6, 6.07) is 20.3. The molecule has 7 heteroatoms. The van der Waals surface area contributed by atoms with E-state index in [0.717, 1.165) is 56.0 Å². The van der Waals surface area contributed by atoms with Gasteiger partial charge in [0, 0.05) is 57.7 Å². The summed E-state index contributed by atoms with van der Waals surface area (Å²) in [7, 11) is 0. The molecule has 0 bridgehead atoms. The third kappa shape index (κ3) is 6.66. The van der Waals surface area contributed by atoms with Gasteiger partial charge < -0.3 is 20.9 Å². The summed E-state index contributed by atoms with van der Waals surface area (Å²) in [5, 5.41) is 10.3. The van der Waals surface area contributed by atoms with E-state index in [4.69, 9.17) is 0 Å². The van der Waals surface area contributed by atoms with Crippen LogP contribution in [0.1, 0.15) is 18.1 Å². The Hall–Kier alpha value is -3.16. The van der Waals surface area contributed by atoms with Gasteiger partial charge in [0.25, 0.3) is 0 Å². The first-order valence-electron chi connectivity index (χ1n) is 11.8. The van der Waals surface area contributed by atoms with E-state index in [1.54, 1.807) is 0 Å². The first-order valence-corrected chi connectivity index (χ1v) is 11.8. The lowest BCUT2D eigenvalue weighted by molar-refractivity contribution is 0.131. The minimum Gasteiger partial charge on any atom is -0.368 e. The van der Waals surface area contributed by atoms with E-state index in [9.17, 15) is 4.79 Å². The fraction of sp³-hybridized carbons (Fsp3) is 0.385. The molecule has 2 aromatic carbocycles. The number of amides is 2. The SMILES string of the molecule is CCN1CCN(Cc2ccccc2CNC(=O)NCCNc2ccc3ccccc3n2)CC1. The topological polar surface area (TPSA) is 72.5 Å². The van der Waals surface area contributed by atoms with Gasteiger partial charge in [-0.2, -0.15) is 0 Å². The summed E-state index contributed by atoms with van der Waals surface area (Å²) in [4.78, 5) is 21.9. The second-order valence-electron chi connectivity index (χ2n) is 8.40. The number of anilines is 1. The van der Waals surface area contributed by atoms with E-state index in [1.165, 1.54) is 11.1 Å². The minimum atomic E-state index is -0.158. The molecule has 2 heterocycles. The number of rotatable bonds is 9. The average molecular weight is 447 g/mol. The molecule has 3 N–H and O–H groups in total. The quantitative estimate of drug-likeness (QED) is 0.440. The number of hydrogen-bond acceptors (Lipinski definition) is 5. The van der Waals surface area contributed by atoms with Gasteiger partial charge in [-0.05, 0) is 35.9 Å². The Morgan fingerprint density at radius 1 is 0.848 bits per heavy atom. The Kier molecular flexibility index (Phi) is 8.11. The smallest absolute Gasteiger partial charge is 0.315 e. The molecular weight excluding hydrogens is 412 g/mol. The average Bonchev–Trinajstić information content (AvgIpc) is 2.86.